The zero-order valence-electron chi connectivity index (χ0n) is 26.1. The second-order valence-corrected chi connectivity index (χ2v) is 15.7. The van der Waals surface area contributed by atoms with Crippen LogP contribution >= 0.6 is 0 Å². The first-order valence-electron chi connectivity index (χ1n) is 13.7. The molecule has 0 nitrogen and oxygen atoms in total. The third-order valence-electron chi connectivity index (χ3n) is 9.04. The fourth-order valence-electron chi connectivity index (χ4n) is 5.47. The number of hydrogen-bond donors (Lipinski definition) is 0. The Hall–Kier alpha value is -1.56. The van der Waals surface area contributed by atoms with Gasteiger partial charge in [-0.15, -0.1) is 0 Å². The standard InChI is InChI=1S/C19H32.C16H26/c1-16(2,3)18(7,8)19(9,17(4,5)6)15-13-11-10-12-14-15;1-15(2,3)12-14(16(4,5)6)13-10-8-7-9-11-13/h10-14H,1-9H3;7-11,14H,12H2,1-6H3. The summed E-state index contributed by atoms with van der Waals surface area (Å²) in [6.45, 7) is 35.5. The molecule has 0 amide bonds. The van der Waals surface area contributed by atoms with E-state index >= 15 is 0 Å². The van der Waals surface area contributed by atoms with E-state index in [-0.39, 0.29) is 21.7 Å². The van der Waals surface area contributed by atoms with E-state index in [0.29, 0.717) is 16.7 Å². The highest BCUT2D eigenvalue weighted by molar-refractivity contribution is 5.31. The highest BCUT2D eigenvalue weighted by atomic mass is 14.6. The summed E-state index contributed by atoms with van der Waals surface area (Å²) in [5.41, 5.74) is 4.37. The minimum Gasteiger partial charge on any atom is -0.0622 e. The largest absolute Gasteiger partial charge is 0.0622 e. The van der Waals surface area contributed by atoms with Gasteiger partial charge >= 0.3 is 0 Å². The van der Waals surface area contributed by atoms with E-state index in [9.17, 15) is 0 Å². The van der Waals surface area contributed by atoms with E-state index < -0.39 is 0 Å². The summed E-state index contributed by atoms with van der Waals surface area (Å²) >= 11 is 0. The van der Waals surface area contributed by atoms with Gasteiger partial charge in [-0.2, -0.15) is 0 Å². The van der Waals surface area contributed by atoms with E-state index in [0.717, 1.165) is 0 Å². The Morgan fingerprint density at radius 3 is 1.23 bits per heavy atom. The van der Waals surface area contributed by atoms with Gasteiger partial charge < -0.3 is 0 Å². The van der Waals surface area contributed by atoms with Gasteiger partial charge in [0.1, 0.15) is 0 Å². The molecule has 2 aromatic rings. The Kier molecular flexibility index (Phi) is 9.73. The van der Waals surface area contributed by atoms with Crippen LogP contribution in [0.4, 0.5) is 0 Å². The summed E-state index contributed by atoms with van der Waals surface area (Å²) in [5, 5.41) is 0. The second kappa shape index (κ2) is 10.8. The lowest BCUT2D eigenvalue weighted by Gasteiger charge is -2.59. The molecule has 0 aliphatic carbocycles. The molecule has 35 heavy (non-hydrogen) atoms. The predicted octanol–water partition coefficient (Wildman–Crippen LogP) is 11.3. The molecule has 2 atom stereocenters. The molecule has 0 aliphatic rings. The van der Waals surface area contributed by atoms with Gasteiger partial charge in [0.05, 0.1) is 0 Å². The first-order chi connectivity index (χ1) is 15.6. The van der Waals surface area contributed by atoms with E-state index in [4.69, 9.17) is 0 Å². The molecule has 0 heteroatoms. The van der Waals surface area contributed by atoms with Crippen molar-refractivity contribution in [1.82, 2.24) is 0 Å². The van der Waals surface area contributed by atoms with Crippen molar-refractivity contribution < 1.29 is 0 Å². The van der Waals surface area contributed by atoms with Gasteiger partial charge in [0.2, 0.25) is 0 Å². The maximum Gasteiger partial charge on any atom is 0.00293 e. The lowest BCUT2D eigenvalue weighted by atomic mass is 9.45. The van der Waals surface area contributed by atoms with Crippen LogP contribution in [0.5, 0.6) is 0 Å². The zero-order chi connectivity index (χ0) is 27.5. The van der Waals surface area contributed by atoms with Gasteiger partial charge in [-0.3, -0.25) is 0 Å². The molecule has 0 N–H and O–H groups in total. The van der Waals surface area contributed by atoms with Crippen LogP contribution in [0.1, 0.15) is 127 Å². The zero-order valence-corrected chi connectivity index (χ0v) is 26.1. The lowest BCUT2D eigenvalue weighted by molar-refractivity contribution is -0.0312. The summed E-state index contributed by atoms with van der Waals surface area (Å²) in [7, 11) is 0. The van der Waals surface area contributed by atoms with Crippen molar-refractivity contribution in [1.29, 1.82) is 0 Å². The molecule has 0 aliphatic heterocycles. The van der Waals surface area contributed by atoms with Gasteiger partial charge in [-0.05, 0) is 50.5 Å². The maximum atomic E-state index is 2.44. The number of benzene rings is 2. The van der Waals surface area contributed by atoms with Crippen molar-refractivity contribution in [3.05, 3.63) is 71.8 Å². The average Bonchev–Trinajstić information content (AvgIpc) is 2.70. The van der Waals surface area contributed by atoms with Crippen LogP contribution in [-0.2, 0) is 5.41 Å². The fourth-order valence-corrected chi connectivity index (χ4v) is 5.47. The van der Waals surface area contributed by atoms with Crippen molar-refractivity contribution in [2.75, 3.05) is 0 Å². The van der Waals surface area contributed by atoms with E-state index in [1.165, 1.54) is 17.5 Å². The molecule has 198 valence electrons. The Labute approximate surface area is 220 Å². The Balaban J connectivity index is 0.000000355. The average molecular weight is 479 g/mol. The maximum absolute atomic E-state index is 2.44. The molecule has 0 saturated carbocycles. The van der Waals surface area contributed by atoms with Crippen LogP contribution < -0.4 is 0 Å². The van der Waals surface area contributed by atoms with E-state index in [2.05, 4.69) is 165 Å². The summed E-state index contributed by atoms with van der Waals surface area (Å²) < 4.78 is 0. The molecule has 2 rings (SSSR count). The van der Waals surface area contributed by atoms with Gasteiger partial charge in [-0.1, -0.05) is 165 Å². The van der Waals surface area contributed by atoms with Gasteiger partial charge in [-0.25, -0.2) is 0 Å². The van der Waals surface area contributed by atoms with Crippen molar-refractivity contribution in [3.63, 3.8) is 0 Å². The topological polar surface area (TPSA) is 0 Å². The van der Waals surface area contributed by atoms with Gasteiger partial charge in [0, 0.05) is 5.41 Å². The monoisotopic (exact) mass is 478 g/mol. The first kappa shape index (κ1) is 31.5. The van der Waals surface area contributed by atoms with Crippen molar-refractivity contribution in [3.8, 4) is 0 Å². The predicted molar refractivity (Wildman–Crippen MR) is 159 cm³/mol. The van der Waals surface area contributed by atoms with Crippen LogP contribution in [0.2, 0.25) is 0 Å². The molecular formula is C35H58. The summed E-state index contributed by atoms with van der Waals surface area (Å²) in [6.07, 6.45) is 1.24. The smallest absolute Gasteiger partial charge is 0.00293 e. The Morgan fingerprint density at radius 1 is 0.514 bits per heavy atom. The molecule has 2 unspecified atom stereocenters. The van der Waals surface area contributed by atoms with Crippen LogP contribution in [0.3, 0.4) is 0 Å². The molecule has 0 spiro atoms. The highest BCUT2D eigenvalue weighted by Crippen LogP contribution is 2.59. The molecule has 2 aromatic carbocycles. The minimum absolute atomic E-state index is 0.111. The summed E-state index contributed by atoms with van der Waals surface area (Å²) in [4.78, 5) is 0. The molecule has 0 saturated heterocycles. The van der Waals surface area contributed by atoms with Crippen LogP contribution in [0.15, 0.2) is 60.7 Å². The van der Waals surface area contributed by atoms with Crippen molar-refractivity contribution in [2.24, 2.45) is 27.1 Å². The second-order valence-electron chi connectivity index (χ2n) is 15.7. The van der Waals surface area contributed by atoms with Crippen LogP contribution in [0.25, 0.3) is 0 Å². The summed E-state index contributed by atoms with van der Waals surface area (Å²) in [5.74, 6) is 0.633. The lowest BCUT2D eigenvalue weighted by Crippen LogP contribution is -2.54. The van der Waals surface area contributed by atoms with Crippen molar-refractivity contribution in [2.45, 2.75) is 122 Å². The number of hydrogen-bond acceptors (Lipinski definition) is 0. The molecule has 0 heterocycles. The molecule has 0 fully saturated rings. The fraction of sp³-hybridized carbons (Fsp3) is 0.657. The normalized spacial score (nSPS) is 16.1. The molecule has 0 radical (unpaired) electrons. The van der Waals surface area contributed by atoms with Gasteiger partial charge in [0.15, 0.2) is 0 Å². The van der Waals surface area contributed by atoms with Crippen LogP contribution in [-0.4, -0.2) is 0 Å². The quantitative estimate of drug-likeness (QED) is 0.410. The molecular weight excluding hydrogens is 420 g/mol. The Morgan fingerprint density at radius 2 is 0.914 bits per heavy atom. The van der Waals surface area contributed by atoms with Crippen molar-refractivity contribution >= 4 is 0 Å². The SMILES string of the molecule is CC(C)(C)C(C)(C)C(C)(c1ccccc1)C(C)(C)C.CC(C)(C)CC(c1ccccc1)C(C)(C)C. The Bertz CT molecular complexity index is 874. The minimum atomic E-state index is 0.111. The van der Waals surface area contributed by atoms with Crippen LogP contribution in [0, 0.1) is 27.1 Å². The highest BCUT2D eigenvalue weighted by Gasteiger charge is 2.54. The number of rotatable bonds is 4. The van der Waals surface area contributed by atoms with E-state index in [1.807, 2.05) is 0 Å². The molecule has 0 bridgehead atoms. The van der Waals surface area contributed by atoms with Gasteiger partial charge in [0.25, 0.3) is 0 Å². The third kappa shape index (κ3) is 7.71. The summed E-state index contributed by atoms with van der Waals surface area (Å²) in [6, 6.07) is 21.9. The third-order valence-corrected chi connectivity index (χ3v) is 9.04. The first-order valence-corrected chi connectivity index (χ1v) is 13.7. The van der Waals surface area contributed by atoms with E-state index in [1.54, 1.807) is 0 Å². The molecule has 0 aromatic heterocycles.